The van der Waals surface area contributed by atoms with E-state index >= 15 is 0 Å². The van der Waals surface area contributed by atoms with Gasteiger partial charge in [0.1, 0.15) is 10.6 Å². The van der Waals surface area contributed by atoms with Crippen LogP contribution in [0, 0.1) is 6.92 Å². The monoisotopic (exact) mass is 304 g/mol. The second kappa shape index (κ2) is 5.88. The molecule has 2 N–H and O–H groups in total. The van der Waals surface area contributed by atoms with Crippen molar-refractivity contribution >= 4 is 10.1 Å². The quantitative estimate of drug-likeness (QED) is 0.812. The van der Waals surface area contributed by atoms with Crippen molar-refractivity contribution in [1.82, 2.24) is 0 Å². The van der Waals surface area contributed by atoms with Crippen molar-refractivity contribution in [2.75, 3.05) is 14.2 Å². The van der Waals surface area contributed by atoms with Gasteiger partial charge in [-0.1, -0.05) is 13.8 Å². The highest BCUT2D eigenvalue weighted by molar-refractivity contribution is 7.86. The third kappa shape index (κ3) is 2.69. The van der Waals surface area contributed by atoms with E-state index in [9.17, 15) is 18.1 Å². The van der Waals surface area contributed by atoms with Crippen LogP contribution in [0.4, 0.5) is 0 Å². The standard InChI is InChI=1S/C13H20O6S/c1-6-7(2)9-12(19-5)10(14)8(3)11(18-4)13(9)20(15,16)17/h7,14H,6H2,1-5H3,(H,15,16,17). The predicted octanol–water partition coefficient (Wildman–Crippen LogP) is 2.48. The maximum atomic E-state index is 11.7. The summed E-state index contributed by atoms with van der Waals surface area (Å²) in [5.74, 6) is -0.458. The van der Waals surface area contributed by atoms with Crippen molar-refractivity contribution in [3.63, 3.8) is 0 Å². The number of benzene rings is 1. The van der Waals surface area contributed by atoms with Crippen LogP contribution < -0.4 is 9.47 Å². The van der Waals surface area contributed by atoms with E-state index in [2.05, 4.69) is 0 Å². The zero-order chi connectivity index (χ0) is 15.7. The highest BCUT2D eigenvalue weighted by Crippen LogP contribution is 2.48. The van der Waals surface area contributed by atoms with Crippen LogP contribution in [0.1, 0.15) is 37.3 Å². The van der Waals surface area contributed by atoms with Gasteiger partial charge in [-0.05, 0) is 19.3 Å². The predicted molar refractivity (Wildman–Crippen MR) is 74.5 cm³/mol. The van der Waals surface area contributed by atoms with Crippen molar-refractivity contribution in [2.24, 2.45) is 0 Å². The Hall–Kier alpha value is -1.47. The van der Waals surface area contributed by atoms with Crippen LogP contribution in [-0.2, 0) is 10.1 Å². The lowest BCUT2D eigenvalue weighted by atomic mass is 9.95. The molecule has 114 valence electrons. The van der Waals surface area contributed by atoms with E-state index in [0.29, 0.717) is 6.42 Å². The van der Waals surface area contributed by atoms with E-state index in [1.165, 1.54) is 21.1 Å². The van der Waals surface area contributed by atoms with Gasteiger partial charge in [0.25, 0.3) is 10.1 Å². The number of hydrogen-bond donors (Lipinski definition) is 2. The van der Waals surface area contributed by atoms with E-state index in [-0.39, 0.29) is 39.2 Å². The lowest BCUT2D eigenvalue weighted by Crippen LogP contribution is -2.11. The first kappa shape index (κ1) is 16.6. The average Bonchev–Trinajstić information content (AvgIpc) is 2.38. The second-order valence-electron chi connectivity index (χ2n) is 4.57. The van der Waals surface area contributed by atoms with Crippen molar-refractivity contribution in [2.45, 2.75) is 38.0 Å². The molecular weight excluding hydrogens is 284 g/mol. The maximum absolute atomic E-state index is 11.7. The normalized spacial score (nSPS) is 13.1. The number of phenols is 1. The van der Waals surface area contributed by atoms with Gasteiger partial charge in [0.05, 0.1) is 14.2 Å². The molecule has 20 heavy (non-hydrogen) atoms. The zero-order valence-electron chi connectivity index (χ0n) is 12.2. The number of aromatic hydroxyl groups is 1. The molecule has 1 rings (SSSR count). The van der Waals surface area contributed by atoms with E-state index in [4.69, 9.17) is 9.47 Å². The molecule has 1 aromatic rings. The molecule has 0 saturated carbocycles. The van der Waals surface area contributed by atoms with Crippen molar-refractivity contribution in [1.29, 1.82) is 0 Å². The van der Waals surface area contributed by atoms with E-state index in [0.717, 1.165) is 0 Å². The molecule has 0 aliphatic carbocycles. The van der Waals surface area contributed by atoms with Gasteiger partial charge in [-0.25, -0.2) is 0 Å². The summed E-state index contributed by atoms with van der Waals surface area (Å²) in [5.41, 5.74) is 0.418. The fraction of sp³-hybridized carbons (Fsp3) is 0.538. The largest absolute Gasteiger partial charge is 0.504 e. The lowest BCUT2D eigenvalue weighted by molar-refractivity contribution is 0.346. The van der Waals surface area contributed by atoms with Gasteiger partial charge in [-0.15, -0.1) is 0 Å². The molecule has 0 bridgehead atoms. The molecule has 0 radical (unpaired) electrons. The Kier molecular flexibility index (Phi) is 4.88. The molecule has 0 heterocycles. The fourth-order valence-electron chi connectivity index (χ4n) is 2.16. The van der Waals surface area contributed by atoms with Crippen LogP contribution in [0.5, 0.6) is 17.2 Å². The van der Waals surface area contributed by atoms with Gasteiger partial charge < -0.3 is 14.6 Å². The van der Waals surface area contributed by atoms with Crippen LogP contribution in [0.2, 0.25) is 0 Å². The summed E-state index contributed by atoms with van der Waals surface area (Å²) >= 11 is 0. The average molecular weight is 304 g/mol. The van der Waals surface area contributed by atoms with E-state index in [1.807, 2.05) is 6.92 Å². The van der Waals surface area contributed by atoms with Gasteiger partial charge >= 0.3 is 0 Å². The number of rotatable bonds is 5. The number of methoxy groups -OCH3 is 2. The van der Waals surface area contributed by atoms with Crippen molar-refractivity contribution in [3.05, 3.63) is 11.1 Å². The van der Waals surface area contributed by atoms with Crippen LogP contribution >= 0.6 is 0 Å². The molecule has 0 aliphatic rings. The van der Waals surface area contributed by atoms with Crippen LogP contribution in [-0.4, -0.2) is 32.3 Å². The molecule has 0 amide bonds. The Labute approximate surface area is 119 Å². The van der Waals surface area contributed by atoms with Crippen molar-refractivity contribution in [3.8, 4) is 17.2 Å². The molecule has 0 spiro atoms. The Morgan fingerprint density at radius 2 is 1.70 bits per heavy atom. The first-order chi connectivity index (χ1) is 9.20. The summed E-state index contributed by atoms with van der Waals surface area (Å²) in [7, 11) is -1.90. The summed E-state index contributed by atoms with van der Waals surface area (Å²) in [6.45, 7) is 5.13. The molecule has 0 fully saturated rings. The Morgan fingerprint density at radius 1 is 1.20 bits per heavy atom. The minimum atomic E-state index is -4.52. The molecule has 6 nitrogen and oxygen atoms in total. The Balaban J connectivity index is 3.99. The van der Waals surface area contributed by atoms with Crippen LogP contribution in [0.3, 0.4) is 0 Å². The molecule has 1 aromatic carbocycles. The summed E-state index contributed by atoms with van der Waals surface area (Å²) in [6, 6.07) is 0. The van der Waals surface area contributed by atoms with Crippen LogP contribution in [0.25, 0.3) is 0 Å². The Bertz CT molecular complexity index is 606. The summed E-state index contributed by atoms with van der Waals surface area (Å²) in [4.78, 5) is -0.346. The van der Waals surface area contributed by atoms with Crippen LogP contribution in [0.15, 0.2) is 4.90 Å². The summed E-state index contributed by atoms with van der Waals surface area (Å²) < 4.78 is 43.2. The first-order valence-electron chi connectivity index (χ1n) is 6.15. The maximum Gasteiger partial charge on any atom is 0.298 e. The molecule has 0 aromatic heterocycles. The number of phenolic OH excluding ortho intramolecular Hbond substituents is 1. The SMILES string of the molecule is CCC(C)c1c(OC)c(O)c(C)c(OC)c1S(=O)(=O)O. The van der Waals surface area contributed by atoms with Gasteiger partial charge in [0.2, 0.25) is 0 Å². The summed E-state index contributed by atoms with van der Waals surface area (Å²) in [5, 5.41) is 10.1. The van der Waals surface area contributed by atoms with Gasteiger partial charge in [0.15, 0.2) is 11.5 Å². The minimum Gasteiger partial charge on any atom is -0.504 e. The summed E-state index contributed by atoms with van der Waals surface area (Å²) in [6.07, 6.45) is 0.602. The molecule has 7 heteroatoms. The zero-order valence-corrected chi connectivity index (χ0v) is 13.0. The van der Waals surface area contributed by atoms with E-state index < -0.39 is 10.1 Å². The second-order valence-corrected chi connectivity index (χ2v) is 5.93. The van der Waals surface area contributed by atoms with E-state index in [1.54, 1.807) is 6.92 Å². The van der Waals surface area contributed by atoms with Crippen molar-refractivity contribution < 1.29 is 27.6 Å². The molecule has 1 unspecified atom stereocenters. The third-order valence-electron chi connectivity index (χ3n) is 3.38. The van der Waals surface area contributed by atoms with Gasteiger partial charge in [-0.2, -0.15) is 8.42 Å². The first-order valence-corrected chi connectivity index (χ1v) is 7.59. The highest BCUT2D eigenvalue weighted by atomic mass is 32.2. The van der Waals surface area contributed by atoms with Gasteiger partial charge in [0, 0.05) is 11.1 Å². The third-order valence-corrected chi connectivity index (χ3v) is 4.30. The molecular formula is C13H20O6S. The topological polar surface area (TPSA) is 93.1 Å². The number of hydrogen-bond acceptors (Lipinski definition) is 5. The molecule has 0 saturated heterocycles. The minimum absolute atomic E-state index is 0.0466. The highest BCUT2D eigenvalue weighted by Gasteiger charge is 2.32. The van der Waals surface area contributed by atoms with Gasteiger partial charge in [-0.3, -0.25) is 4.55 Å². The molecule has 1 atom stereocenters. The fourth-order valence-corrected chi connectivity index (χ4v) is 3.20. The number of ether oxygens (including phenoxy) is 2. The Morgan fingerprint density at radius 3 is 2.05 bits per heavy atom. The smallest absolute Gasteiger partial charge is 0.298 e. The lowest BCUT2D eigenvalue weighted by Gasteiger charge is -2.22. The molecule has 0 aliphatic heterocycles.